The number of anilines is 1. The summed E-state index contributed by atoms with van der Waals surface area (Å²) in [4.78, 5) is 12.0. The molecule has 2 heterocycles. The zero-order valence-corrected chi connectivity index (χ0v) is 17.8. The molecule has 0 saturated heterocycles. The predicted octanol–water partition coefficient (Wildman–Crippen LogP) is 3.41. The molecule has 8 nitrogen and oxygen atoms in total. The van der Waals surface area contributed by atoms with Crippen LogP contribution in [-0.2, 0) is 18.4 Å². The Morgan fingerprint density at radius 2 is 1.96 bits per heavy atom. The fraction of sp³-hybridized carbons (Fsp3) is 0.389. The maximum Gasteiger partial charge on any atom is 0.236 e. The van der Waals surface area contributed by atoms with Gasteiger partial charge >= 0.3 is 0 Å². The summed E-state index contributed by atoms with van der Waals surface area (Å²) in [5.41, 5.74) is 1.27. The zero-order valence-electron chi connectivity index (χ0n) is 16.2. The van der Waals surface area contributed by atoms with Crippen LogP contribution in [0.25, 0.3) is 0 Å². The first kappa shape index (κ1) is 20.3. The SMILES string of the molecule is Cc1nnc(NC(=O)CSc2nnc(COc3ccc(C(C)C)cc3)n2C)s1. The summed E-state index contributed by atoms with van der Waals surface area (Å²) < 4.78 is 7.63. The highest BCUT2D eigenvalue weighted by Crippen LogP contribution is 2.21. The average Bonchev–Trinajstić information content (AvgIpc) is 3.24. The maximum absolute atomic E-state index is 12.0. The van der Waals surface area contributed by atoms with Crippen LogP contribution in [0, 0.1) is 6.92 Å². The van der Waals surface area contributed by atoms with E-state index in [-0.39, 0.29) is 11.7 Å². The molecule has 0 aliphatic heterocycles. The number of aromatic nitrogens is 5. The van der Waals surface area contributed by atoms with Crippen LogP contribution < -0.4 is 10.1 Å². The van der Waals surface area contributed by atoms with Gasteiger partial charge in [-0.25, -0.2) is 0 Å². The molecule has 1 amide bonds. The molecule has 0 saturated carbocycles. The fourth-order valence-corrected chi connectivity index (χ4v) is 3.66. The van der Waals surface area contributed by atoms with Gasteiger partial charge in [0.05, 0.1) is 5.75 Å². The molecule has 0 aliphatic rings. The molecule has 1 N–H and O–H groups in total. The Balaban J connectivity index is 1.51. The number of hydrogen-bond donors (Lipinski definition) is 1. The van der Waals surface area contributed by atoms with Crippen LogP contribution in [0.3, 0.4) is 0 Å². The number of nitrogens with zero attached hydrogens (tertiary/aromatic N) is 5. The van der Waals surface area contributed by atoms with Crippen molar-refractivity contribution in [3.05, 3.63) is 40.7 Å². The quantitative estimate of drug-likeness (QED) is 0.560. The Bertz CT molecular complexity index is 936. The van der Waals surface area contributed by atoms with E-state index in [1.165, 1.54) is 28.7 Å². The molecule has 0 radical (unpaired) electrons. The molecule has 0 spiro atoms. The lowest BCUT2D eigenvalue weighted by Gasteiger charge is -2.09. The number of carbonyl (C=O) groups excluding carboxylic acids is 1. The molecule has 148 valence electrons. The number of benzene rings is 1. The van der Waals surface area contributed by atoms with Crippen LogP contribution in [0.1, 0.15) is 36.2 Å². The van der Waals surface area contributed by atoms with Crippen molar-refractivity contribution in [3.63, 3.8) is 0 Å². The van der Waals surface area contributed by atoms with Gasteiger partial charge in [-0.1, -0.05) is 49.1 Å². The minimum atomic E-state index is -0.160. The van der Waals surface area contributed by atoms with E-state index in [1.54, 1.807) is 0 Å². The molecule has 0 aliphatic carbocycles. The van der Waals surface area contributed by atoms with Crippen molar-refractivity contribution < 1.29 is 9.53 Å². The summed E-state index contributed by atoms with van der Waals surface area (Å²) in [6.07, 6.45) is 0. The van der Waals surface area contributed by atoms with E-state index in [1.807, 2.05) is 30.7 Å². The van der Waals surface area contributed by atoms with E-state index in [2.05, 4.69) is 51.7 Å². The molecule has 28 heavy (non-hydrogen) atoms. The van der Waals surface area contributed by atoms with Crippen molar-refractivity contribution in [2.45, 2.75) is 38.5 Å². The van der Waals surface area contributed by atoms with Crippen LogP contribution >= 0.6 is 23.1 Å². The summed E-state index contributed by atoms with van der Waals surface area (Å²) in [6, 6.07) is 8.05. The third-order valence-electron chi connectivity index (χ3n) is 3.94. The van der Waals surface area contributed by atoms with Crippen molar-refractivity contribution in [1.29, 1.82) is 0 Å². The molecular formula is C18H22N6O2S2. The van der Waals surface area contributed by atoms with Crippen molar-refractivity contribution in [2.24, 2.45) is 7.05 Å². The first-order chi connectivity index (χ1) is 13.4. The second kappa shape index (κ2) is 9.16. The number of amides is 1. The van der Waals surface area contributed by atoms with Gasteiger partial charge in [0.15, 0.2) is 11.0 Å². The first-order valence-corrected chi connectivity index (χ1v) is 10.6. The summed E-state index contributed by atoms with van der Waals surface area (Å²) in [7, 11) is 1.86. The average molecular weight is 419 g/mol. The van der Waals surface area contributed by atoms with E-state index in [0.717, 1.165) is 10.8 Å². The summed E-state index contributed by atoms with van der Waals surface area (Å²) in [5, 5.41) is 20.7. The predicted molar refractivity (Wildman–Crippen MR) is 110 cm³/mol. The van der Waals surface area contributed by atoms with Gasteiger partial charge in [-0.15, -0.1) is 20.4 Å². The number of ether oxygens (including phenoxy) is 1. The number of thioether (sulfide) groups is 1. The Morgan fingerprint density at radius 3 is 2.61 bits per heavy atom. The van der Waals surface area contributed by atoms with Gasteiger partial charge in [-0.3, -0.25) is 10.1 Å². The fourth-order valence-electron chi connectivity index (χ4n) is 2.33. The molecule has 3 aromatic rings. The van der Waals surface area contributed by atoms with Crippen LogP contribution in [-0.4, -0.2) is 36.6 Å². The van der Waals surface area contributed by atoms with Gasteiger partial charge in [0.1, 0.15) is 17.4 Å². The summed E-state index contributed by atoms with van der Waals surface area (Å²) in [6.45, 7) is 6.46. The molecule has 0 bridgehead atoms. The molecule has 3 rings (SSSR count). The van der Waals surface area contributed by atoms with Gasteiger partial charge in [-0.05, 0) is 30.5 Å². The molecule has 2 aromatic heterocycles. The second-order valence-electron chi connectivity index (χ2n) is 6.43. The van der Waals surface area contributed by atoms with Gasteiger partial charge in [0.2, 0.25) is 11.0 Å². The third-order valence-corrected chi connectivity index (χ3v) is 5.72. The van der Waals surface area contributed by atoms with Crippen LogP contribution in [0.2, 0.25) is 0 Å². The van der Waals surface area contributed by atoms with Crippen molar-refractivity contribution in [2.75, 3.05) is 11.1 Å². The Labute approximate surface area is 171 Å². The Kier molecular flexibility index (Phi) is 6.63. The van der Waals surface area contributed by atoms with Crippen molar-refractivity contribution in [1.82, 2.24) is 25.0 Å². The lowest BCUT2D eigenvalue weighted by Crippen LogP contribution is -2.14. The monoisotopic (exact) mass is 418 g/mol. The number of carbonyl (C=O) groups is 1. The lowest BCUT2D eigenvalue weighted by atomic mass is 10.0. The normalized spacial score (nSPS) is 11.0. The van der Waals surface area contributed by atoms with Gasteiger partial charge in [0.25, 0.3) is 0 Å². The topological polar surface area (TPSA) is 94.8 Å². The molecule has 0 unspecified atom stereocenters. The molecule has 10 heteroatoms. The van der Waals surface area contributed by atoms with E-state index in [9.17, 15) is 4.79 Å². The molecule has 0 fully saturated rings. The summed E-state index contributed by atoms with van der Waals surface area (Å²) in [5.74, 6) is 2.01. The number of aryl methyl sites for hydroxylation is 1. The minimum Gasteiger partial charge on any atom is -0.486 e. The van der Waals surface area contributed by atoms with Crippen molar-refractivity contribution in [3.8, 4) is 5.75 Å². The smallest absolute Gasteiger partial charge is 0.236 e. The molecular weight excluding hydrogens is 396 g/mol. The van der Waals surface area contributed by atoms with E-state index in [4.69, 9.17) is 4.74 Å². The van der Waals surface area contributed by atoms with E-state index >= 15 is 0 Å². The molecule has 0 atom stereocenters. The van der Waals surface area contributed by atoms with Crippen LogP contribution in [0.15, 0.2) is 29.4 Å². The van der Waals surface area contributed by atoms with Gasteiger partial charge < -0.3 is 9.30 Å². The highest BCUT2D eigenvalue weighted by atomic mass is 32.2. The first-order valence-electron chi connectivity index (χ1n) is 8.76. The van der Waals surface area contributed by atoms with Crippen molar-refractivity contribution >= 4 is 34.1 Å². The van der Waals surface area contributed by atoms with Crippen LogP contribution in [0.4, 0.5) is 5.13 Å². The lowest BCUT2D eigenvalue weighted by molar-refractivity contribution is -0.113. The minimum absolute atomic E-state index is 0.160. The second-order valence-corrected chi connectivity index (χ2v) is 8.56. The van der Waals surface area contributed by atoms with Gasteiger partial charge in [-0.2, -0.15) is 0 Å². The highest BCUT2D eigenvalue weighted by molar-refractivity contribution is 7.99. The molecule has 1 aromatic carbocycles. The third kappa shape index (κ3) is 5.29. The Morgan fingerprint density at radius 1 is 1.21 bits per heavy atom. The number of rotatable bonds is 8. The van der Waals surface area contributed by atoms with Crippen LogP contribution in [0.5, 0.6) is 5.75 Å². The standard InChI is InChI=1S/C18H22N6O2S2/c1-11(2)13-5-7-14(8-6-13)26-9-15-21-23-18(24(15)4)27-10-16(25)19-17-22-20-12(3)28-17/h5-8,11H,9-10H2,1-4H3,(H,19,22,25). The van der Waals surface area contributed by atoms with E-state index < -0.39 is 0 Å². The van der Waals surface area contributed by atoms with E-state index in [0.29, 0.717) is 28.6 Å². The number of hydrogen-bond acceptors (Lipinski definition) is 8. The Hall–Kier alpha value is -2.46. The highest BCUT2D eigenvalue weighted by Gasteiger charge is 2.13. The maximum atomic E-state index is 12.0. The summed E-state index contributed by atoms with van der Waals surface area (Å²) >= 11 is 2.65. The largest absolute Gasteiger partial charge is 0.486 e. The zero-order chi connectivity index (χ0) is 20.1. The number of nitrogens with one attached hydrogen (secondary N) is 1. The van der Waals surface area contributed by atoms with Gasteiger partial charge in [0, 0.05) is 7.05 Å².